The van der Waals surface area contributed by atoms with Crippen molar-refractivity contribution in [1.29, 1.82) is 0 Å². The normalized spacial score (nSPS) is 13.9. The van der Waals surface area contributed by atoms with Crippen molar-refractivity contribution in [1.82, 2.24) is 4.90 Å². The minimum atomic E-state index is -0.180. The smallest absolute Gasteiger partial charge is 0.227 e. The van der Waals surface area contributed by atoms with E-state index in [1.165, 1.54) is 0 Å². The van der Waals surface area contributed by atoms with Gasteiger partial charge in [-0.3, -0.25) is 4.79 Å². The Morgan fingerprint density at radius 1 is 1.32 bits per heavy atom. The lowest BCUT2D eigenvalue weighted by atomic mass is 10.0. The van der Waals surface area contributed by atoms with Gasteiger partial charge in [-0.1, -0.05) is 37.3 Å². The van der Waals surface area contributed by atoms with E-state index in [9.17, 15) is 4.79 Å². The summed E-state index contributed by atoms with van der Waals surface area (Å²) in [5.41, 5.74) is 6.93. The Labute approximate surface area is 115 Å². The Hall–Kier alpha value is -1.39. The Balaban J connectivity index is 2.74. The first-order valence-electron chi connectivity index (χ1n) is 6.63. The van der Waals surface area contributed by atoms with Crippen molar-refractivity contribution in [2.24, 2.45) is 11.7 Å². The lowest BCUT2D eigenvalue weighted by molar-refractivity contribution is -0.136. The molecule has 0 saturated carbocycles. The molecule has 2 unspecified atom stereocenters. The van der Waals surface area contributed by atoms with Gasteiger partial charge in [-0.2, -0.15) is 0 Å². The highest BCUT2D eigenvalue weighted by molar-refractivity contribution is 5.79. The van der Waals surface area contributed by atoms with Crippen LogP contribution in [0.2, 0.25) is 0 Å². The summed E-state index contributed by atoms with van der Waals surface area (Å²) in [5.74, 6) is -0.100. The molecule has 0 saturated heterocycles. The maximum Gasteiger partial charge on any atom is 0.227 e. The second-order valence-corrected chi connectivity index (χ2v) is 4.89. The summed E-state index contributed by atoms with van der Waals surface area (Å²) < 4.78 is 5.08. The monoisotopic (exact) mass is 264 g/mol. The SMILES string of the molecule is COCCN(Cc1ccccc1)C(=O)C(C)C(C)N. The molecular weight excluding hydrogens is 240 g/mol. The van der Waals surface area contributed by atoms with E-state index in [1.807, 2.05) is 49.1 Å². The van der Waals surface area contributed by atoms with Crippen LogP contribution in [0.4, 0.5) is 0 Å². The third-order valence-electron chi connectivity index (χ3n) is 3.27. The van der Waals surface area contributed by atoms with Crippen molar-refractivity contribution in [3.63, 3.8) is 0 Å². The van der Waals surface area contributed by atoms with Gasteiger partial charge in [0, 0.05) is 26.2 Å². The third kappa shape index (κ3) is 5.01. The summed E-state index contributed by atoms with van der Waals surface area (Å²) >= 11 is 0. The molecule has 2 N–H and O–H groups in total. The number of rotatable bonds is 7. The topological polar surface area (TPSA) is 55.6 Å². The fourth-order valence-electron chi connectivity index (χ4n) is 1.79. The van der Waals surface area contributed by atoms with Gasteiger partial charge in [0.25, 0.3) is 0 Å². The van der Waals surface area contributed by atoms with Crippen molar-refractivity contribution in [2.45, 2.75) is 26.4 Å². The van der Waals surface area contributed by atoms with E-state index < -0.39 is 0 Å². The zero-order chi connectivity index (χ0) is 14.3. The molecule has 1 aromatic rings. The average molecular weight is 264 g/mol. The van der Waals surface area contributed by atoms with Gasteiger partial charge in [-0.05, 0) is 12.5 Å². The molecule has 0 fully saturated rings. The second kappa shape index (κ2) is 7.92. The van der Waals surface area contributed by atoms with Gasteiger partial charge in [-0.25, -0.2) is 0 Å². The first kappa shape index (κ1) is 15.7. The quantitative estimate of drug-likeness (QED) is 0.814. The lowest BCUT2D eigenvalue weighted by Gasteiger charge is -2.27. The fourth-order valence-corrected chi connectivity index (χ4v) is 1.79. The van der Waals surface area contributed by atoms with Crippen LogP contribution in [-0.2, 0) is 16.1 Å². The van der Waals surface area contributed by atoms with Crippen molar-refractivity contribution in [3.05, 3.63) is 35.9 Å². The van der Waals surface area contributed by atoms with E-state index >= 15 is 0 Å². The highest BCUT2D eigenvalue weighted by Crippen LogP contribution is 2.11. The van der Waals surface area contributed by atoms with Crippen molar-refractivity contribution < 1.29 is 9.53 Å². The summed E-state index contributed by atoms with van der Waals surface area (Å²) in [4.78, 5) is 14.2. The molecule has 0 bridgehead atoms. The third-order valence-corrected chi connectivity index (χ3v) is 3.27. The number of amides is 1. The van der Waals surface area contributed by atoms with Gasteiger partial charge >= 0.3 is 0 Å². The van der Waals surface area contributed by atoms with Crippen LogP contribution in [0.15, 0.2) is 30.3 Å². The maximum atomic E-state index is 12.4. The Morgan fingerprint density at radius 3 is 2.47 bits per heavy atom. The fraction of sp³-hybridized carbons (Fsp3) is 0.533. The summed E-state index contributed by atoms with van der Waals surface area (Å²) in [5, 5.41) is 0. The lowest BCUT2D eigenvalue weighted by Crippen LogP contribution is -2.42. The van der Waals surface area contributed by atoms with Crippen LogP contribution in [0.1, 0.15) is 19.4 Å². The minimum absolute atomic E-state index is 0.0795. The molecule has 4 nitrogen and oxygen atoms in total. The first-order valence-corrected chi connectivity index (χ1v) is 6.63. The molecule has 0 aromatic heterocycles. The second-order valence-electron chi connectivity index (χ2n) is 4.89. The Kier molecular flexibility index (Phi) is 6.53. The van der Waals surface area contributed by atoms with E-state index in [0.29, 0.717) is 19.7 Å². The zero-order valence-corrected chi connectivity index (χ0v) is 12.0. The van der Waals surface area contributed by atoms with E-state index in [-0.39, 0.29) is 17.9 Å². The standard InChI is InChI=1S/C15H24N2O2/c1-12(13(2)16)15(18)17(9-10-19-3)11-14-7-5-4-6-8-14/h4-8,12-13H,9-11,16H2,1-3H3. The number of nitrogens with two attached hydrogens (primary N) is 1. The number of benzene rings is 1. The molecule has 0 spiro atoms. The zero-order valence-electron chi connectivity index (χ0n) is 12.0. The molecule has 106 valence electrons. The summed E-state index contributed by atoms with van der Waals surface area (Å²) in [7, 11) is 1.64. The van der Waals surface area contributed by atoms with Gasteiger partial charge in [0.2, 0.25) is 5.91 Å². The summed E-state index contributed by atoms with van der Waals surface area (Å²) in [6.45, 7) is 5.45. The van der Waals surface area contributed by atoms with Crippen LogP contribution in [0.5, 0.6) is 0 Å². The van der Waals surface area contributed by atoms with Gasteiger partial charge in [0.1, 0.15) is 0 Å². The van der Waals surface area contributed by atoms with Crippen LogP contribution in [0.3, 0.4) is 0 Å². The van der Waals surface area contributed by atoms with Gasteiger partial charge < -0.3 is 15.4 Å². The summed E-state index contributed by atoms with van der Waals surface area (Å²) in [6, 6.07) is 9.81. The molecule has 0 aliphatic carbocycles. The average Bonchev–Trinajstić information content (AvgIpc) is 2.42. The molecule has 0 heterocycles. The molecule has 4 heteroatoms. The largest absolute Gasteiger partial charge is 0.383 e. The molecule has 19 heavy (non-hydrogen) atoms. The van der Waals surface area contributed by atoms with Crippen LogP contribution < -0.4 is 5.73 Å². The Morgan fingerprint density at radius 2 is 1.95 bits per heavy atom. The molecule has 1 rings (SSSR count). The highest BCUT2D eigenvalue weighted by Gasteiger charge is 2.23. The molecule has 0 radical (unpaired) electrons. The minimum Gasteiger partial charge on any atom is -0.383 e. The number of methoxy groups -OCH3 is 1. The highest BCUT2D eigenvalue weighted by atomic mass is 16.5. The number of nitrogens with zero attached hydrogens (tertiary/aromatic N) is 1. The van der Waals surface area contributed by atoms with Crippen LogP contribution >= 0.6 is 0 Å². The number of carbonyl (C=O) groups is 1. The molecule has 2 atom stereocenters. The van der Waals surface area contributed by atoms with Gasteiger partial charge in [0.05, 0.1) is 12.5 Å². The number of carbonyl (C=O) groups excluding carboxylic acids is 1. The molecular formula is C15H24N2O2. The van der Waals surface area contributed by atoms with Crippen molar-refractivity contribution >= 4 is 5.91 Å². The van der Waals surface area contributed by atoms with Gasteiger partial charge in [0.15, 0.2) is 0 Å². The number of hydrogen-bond acceptors (Lipinski definition) is 3. The Bertz CT molecular complexity index is 379. The van der Waals surface area contributed by atoms with Crippen LogP contribution in [0, 0.1) is 5.92 Å². The van der Waals surface area contributed by atoms with Crippen LogP contribution in [-0.4, -0.2) is 37.1 Å². The van der Waals surface area contributed by atoms with Crippen LogP contribution in [0.25, 0.3) is 0 Å². The summed E-state index contributed by atoms with van der Waals surface area (Å²) in [6.07, 6.45) is 0. The van der Waals surface area contributed by atoms with E-state index in [1.54, 1.807) is 7.11 Å². The number of hydrogen-bond donors (Lipinski definition) is 1. The van der Waals surface area contributed by atoms with E-state index in [2.05, 4.69) is 0 Å². The van der Waals surface area contributed by atoms with Crippen molar-refractivity contribution in [2.75, 3.05) is 20.3 Å². The van der Waals surface area contributed by atoms with Crippen molar-refractivity contribution in [3.8, 4) is 0 Å². The molecule has 0 aliphatic heterocycles. The maximum absolute atomic E-state index is 12.4. The molecule has 0 aliphatic rings. The van der Waals surface area contributed by atoms with Gasteiger partial charge in [-0.15, -0.1) is 0 Å². The van der Waals surface area contributed by atoms with E-state index in [0.717, 1.165) is 5.56 Å². The molecule has 1 amide bonds. The van der Waals surface area contributed by atoms with E-state index in [4.69, 9.17) is 10.5 Å². The number of ether oxygens (including phenoxy) is 1. The first-order chi connectivity index (χ1) is 9.06. The molecule has 1 aromatic carbocycles. The predicted molar refractivity (Wildman–Crippen MR) is 76.5 cm³/mol. The predicted octanol–water partition coefficient (Wildman–Crippen LogP) is 1.64.